The summed E-state index contributed by atoms with van der Waals surface area (Å²) in [4.78, 5) is 21.6. The number of aliphatic carboxylic acids is 1. The minimum atomic E-state index is -1.05. The molecule has 0 aliphatic rings. The maximum atomic E-state index is 11.3. The highest BCUT2D eigenvalue weighted by Crippen LogP contribution is 2.05. The molecule has 1 amide bonds. The van der Waals surface area contributed by atoms with Crippen LogP contribution in [-0.2, 0) is 9.59 Å². The number of nitrogens with one attached hydrogen (secondary N) is 1. The third kappa shape index (κ3) is 8.23. The van der Waals surface area contributed by atoms with Crippen molar-refractivity contribution in [3.8, 4) is 0 Å². The lowest BCUT2D eigenvalue weighted by atomic mass is 10.1. The average molecular weight is 230 g/mol. The van der Waals surface area contributed by atoms with Gasteiger partial charge in [-0.25, -0.2) is 0 Å². The second kappa shape index (κ2) is 8.10. The molecule has 94 valence electrons. The first-order valence-electron chi connectivity index (χ1n) is 5.68. The molecule has 0 aromatic heterocycles. The summed E-state index contributed by atoms with van der Waals surface area (Å²) in [6.07, 6.45) is 2.78. The number of nitrogens with two attached hydrogens (primary N) is 1. The van der Waals surface area contributed by atoms with Crippen molar-refractivity contribution in [1.82, 2.24) is 5.32 Å². The van der Waals surface area contributed by atoms with Gasteiger partial charge in [-0.2, -0.15) is 0 Å². The molecule has 0 aromatic rings. The van der Waals surface area contributed by atoms with E-state index in [2.05, 4.69) is 19.2 Å². The quantitative estimate of drug-likeness (QED) is 0.536. The molecule has 1 atom stereocenters. The van der Waals surface area contributed by atoms with E-state index in [1.54, 1.807) is 0 Å². The number of hydrogen-bond acceptors (Lipinski definition) is 3. The van der Waals surface area contributed by atoms with Gasteiger partial charge < -0.3 is 16.2 Å². The third-order valence-electron chi connectivity index (χ3n) is 2.24. The Morgan fingerprint density at radius 1 is 1.31 bits per heavy atom. The van der Waals surface area contributed by atoms with Crippen molar-refractivity contribution in [2.45, 2.75) is 45.6 Å². The van der Waals surface area contributed by atoms with Crippen LogP contribution in [0.3, 0.4) is 0 Å². The first-order chi connectivity index (χ1) is 7.43. The number of carboxylic acid groups (broad SMARTS) is 1. The summed E-state index contributed by atoms with van der Waals surface area (Å²) >= 11 is 0. The SMILES string of the molecule is CC(C)CCCCNC(=O)C(N)CC(=O)O. The second-order valence-electron chi connectivity index (χ2n) is 4.39. The first-order valence-corrected chi connectivity index (χ1v) is 5.68. The topological polar surface area (TPSA) is 92.4 Å². The third-order valence-corrected chi connectivity index (χ3v) is 2.24. The van der Waals surface area contributed by atoms with E-state index in [-0.39, 0.29) is 12.3 Å². The molecule has 0 aromatic carbocycles. The van der Waals surface area contributed by atoms with Crippen molar-refractivity contribution in [2.24, 2.45) is 11.7 Å². The Morgan fingerprint density at radius 2 is 1.94 bits per heavy atom. The van der Waals surface area contributed by atoms with Crippen LogP contribution in [0.5, 0.6) is 0 Å². The summed E-state index contributed by atoms with van der Waals surface area (Å²) in [5, 5.41) is 11.1. The summed E-state index contributed by atoms with van der Waals surface area (Å²) < 4.78 is 0. The molecule has 1 unspecified atom stereocenters. The van der Waals surface area contributed by atoms with Crippen LogP contribution in [0.15, 0.2) is 0 Å². The molecule has 0 aliphatic heterocycles. The van der Waals surface area contributed by atoms with Gasteiger partial charge in [0.15, 0.2) is 0 Å². The highest BCUT2D eigenvalue weighted by atomic mass is 16.4. The van der Waals surface area contributed by atoms with Crippen LogP contribution >= 0.6 is 0 Å². The van der Waals surface area contributed by atoms with E-state index in [1.165, 1.54) is 0 Å². The number of carbonyl (C=O) groups excluding carboxylic acids is 1. The standard InChI is InChI=1S/C11H22N2O3/c1-8(2)5-3-4-6-13-11(16)9(12)7-10(14)15/h8-9H,3-7,12H2,1-2H3,(H,13,16)(H,14,15). The van der Waals surface area contributed by atoms with Gasteiger partial charge in [0.1, 0.15) is 0 Å². The van der Waals surface area contributed by atoms with Crippen molar-refractivity contribution in [3.05, 3.63) is 0 Å². The van der Waals surface area contributed by atoms with E-state index in [4.69, 9.17) is 10.8 Å². The van der Waals surface area contributed by atoms with Gasteiger partial charge in [-0.15, -0.1) is 0 Å². The maximum absolute atomic E-state index is 11.3. The zero-order valence-corrected chi connectivity index (χ0v) is 10.0. The molecule has 5 nitrogen and oxygen atoms in total. The fourth-order valence-electron chi connectivity index (χ4n) is 1.30. The van der Waals surface area contributed by atoms with Gasteiger partial charge in [0, 0.05) is 6.54 Å². The average Bonchev–Trinajstić information content (AvgIpc) is 2.15. The molecular formula is C11H22N2O3. The van der Waals surface area contributed by atoms with Gasteiger partial charge in [0.2, 0.25) is 5.91 Å². The van der Waals surface area contributed by atoms with Crippen molar-refractivity contribution in [1.29, 1.82) is 0 Å². The lowest BCUT2D eigenvalue weighted by molar-refractivity contribution is -0.139. The Morgan fingerprint density at radius 3 is 2.44 bits per heavy atom. The summed E-state index contributed by atoms with van der Waals surface area (Å²) in [5.74, 6) is -0.764. The van der Waals surface area contributed by atoms with Gasteiger partial charge in [-0.1, -0.05) is 26.7 Å². The number of hydrogen-bond donors (Lipinski definition) is 3. The van der Waals surface area contributed by atoms with Crippen LogP contribution in [0.1, 0.15) is 39.5 Å². The van der Waals surface area contributed by atoms with E-state index < -0.39 is 12.0 Å². The van der Waals surface area contributed by atoms with Crippen LogP contribution in [0.4, 0.5) is 0 Å². The van der Waals surface area contributed by atoms with E-state index in [1.807, 2.05) is 0 Å². The molecule has 0 heterocycles. The minimum absolute atomic E-state index is 0.322. The summed E-state index contributed by atoms with van der Waals surface area (Å²) in [5.41, 5.74) is 5.39. The van der Waals surface area contributed by atoms with Gasteiger partial charge in [-0.3, -0.25) is 9.59 Å². The molecule has 0 rings (SSSR count). The number of unbranched alkanes of at least 4 members (excludes halogenated alkanes) is 1. The van der Waals surface area contributed by atoms with E-state index >= 15 is 0 Å². The van der Waals surface area contributed by atoms with Crippen LogP contribution in [0.25, 0.3) is 0 Å². The normalized spacial score (nSPS) is 12.5. The van der Waals surface area contributed by atoms with Crippen LogP contribution < -0.4 is 11.1 Å². The number of carbonyl (C=O) groups is 2. The Kier molecular flexibility index (Phi) is 7.54. The van der Waals surface area contributed by atoms with Crippen molar-refractivity contribution < 1.29 is 14.7 Å². The van der Waals surface area contributed by atoms with Gasteiger partial charge >= 0.3 is 5.97 Å². The van der Waals surface area contributed by atoms with Gasteiger partial charge in [0.05, 0.1) is 12.5 Å². The monoisotopic (exact) mass is 230 g/mol. The lowest BCUT2D eigenvalue weighted by Gasteiger charge is -2.10. The predicted molar refractivity (Wildman–Crippen MR) is 61.9 cm³/mol. The zero-order valence-electron chi connectivity index (χ0n) is 10.0. The van der Waals surface area contributed by atoms with Crippen molar-refractivity contribution in [2.75, 3.05) is 6.54 Å². The van der Waals surface area contributed by atoms with Crippen LogP contribution in [0.2, 0.25) is 0 Å². The predicted octanol–water partition coefficient (Wildman–Crippen LogP) is 0.731. The summed E-state index contributed by atoms with van der Waals surface area (Å²) in [6.45, 7) is 4.88. The van der Waals surface area contributed by atoms with E-state index in [9.17, 15) is 9.59 Å². The molecule has 0 fully saturated rings. The Hall–Kier alpha value is -1.10. The highest BCUT2D eigenvalue weighted by molar-refractivity contribution is 5.85. The Bertz CT molecular complexity index is 229. The van der Waals surface area contributed by atoms with Gasteiger partial charge in [0.25, 0.3) is 0 Å². The largest absolute Gasteiger partial charge is 0.481 e. The number of amides is 1. The lowest BCUT2D eigenvalue weighted by Crippen LogP contribution is -2.42. The molecule has 0 spiro atoms. The smallest absolute Gasteiger partial charge is 0.305 e. The molecule has 0 aliphatic carbocycles. The van der Waals surface area contributed by atoms with Crippen molar-refractivity contribution >= 4 is 11.9 Å². The zero-order chi connectivity index (χ0) is 12.6. The maximum Gasteiger partial charge on any atom is 0.305 e. The van der Waals surface area contributed by atoms with Crippen molar-refractivity contribution in [3.63, 3.8) is 0 Å². The Labute approximate surface area is 96.4 Å². The number of carboxylic acids is 1. The second-order valence-corrected chi connectivity index (χ2v) is 4.39. The molecule has 0 radical (unpaired) electrons. The highest BCUT2D eigenvalue weighted by Gasteiger charge is 2.15. The van der Waals surface area contributed by atoms with E-state index in [0.29, 0.717) is 12.5 Å². The Balaban J connectivity index is 3.53. The fourth-order valence-corrected chi connectivity index (χ4v) is 1.30. The van der Waals surface area contributed by atoms with Gasteiger partial charge in [-0.05, 0) is 12.3 Å². The fraction of sp³-hybridized carbons (Fsp3) is 0.818. The minimum Gasteiger partial charge on any atom is -0.481 e. The molecule has 5 heteroatoms. The molecule has 16 heavy (non-hydrogen) atoms. The molecular weight excluding hydrogens is 208 g/mol. The molecule has 0 saturated carbocycles. The summed E-state index contributed by atoms with van der Waals surface area (Å²) in [7, 11) is 0. The molecule has 4 N–H and O–H groups in total. The number of rotatable bonds is 8. The molecule has 0 bridgehead atoms. The van der Waals surface area contributed by atoms with Crippen LogP contribution in [-0.4, -0.2) is 29.6 Å². The summed E-state index contributed by atoms with van der Waals surface area (Å²) in [6, 6.07) is -0.942. The van der Waals surface area contributed by atoms with E-state index in [0.717, 1.165) is 19.3 Å². The first kappa shape index (κ1) is 14.9. The molecule has 0 saturated heterocycles. The van der Waals surface area contributed by atoms with Crippen LogP contribution in [0, 0.1) is 5.92 Å².